The highest BCUT2D eigenvalue weighted by atomic mass is 32.2. The molecular formula is C12H22N2O3S. The van der Waals surface area contributed by atoms with Gasteiger partial charge in [0.15, 0.2) is 0 Å². The highest BCUT2D eigenvalue weighted by molar-refractivity contribution is 8.00. The van der Waals surface area contributed by atoms with E-state index in [-0.39, 0.29) is 11.3 Å². The second-order valence-electron chi connectivity index (χ2n) is 4.57. The van der Waals surface area contributed by atoms with Gasteiger partial charge < -0.3 is 15.7 Å². The van der Waals surface area contributed by atoms with Crippen molar-refractivity contribution in [3.05, 3.63) is 0 Å². The normalized spacial score (nSPS) is 25.2. The Morgan fingerprint density at radius 1 is 1.44 bits per heavy atom. The maximum atomic E-state index is 12.3. The quantitative estimate of drug-likeness (QED) is 0.762. The molecule has 0 aliphatic carbocycles. The van der Waals surface area contributed by atoms with Gasteiger partial charge in [0.05, 0.1) is 11.4 Å². The Bertz CT molecular complexity index is 312. The van der Waals surface area contributed by atoms with Crippen molar-refractivity contribution in [1.82, 2.24) is 4.90 Å². The molecule has 0 aromatic heterocycles. The summed E-state index contributed by atoms with van der Waals surface area (Å²) in [5, 5.41) is 9.15. The van der Waals surface area contributed by atoms with Crippen LogP contribution in [0.25, 0.3) is 0 Å². The van der Waals surface area contributed by atoms with E-state index < -0.39 is 18.1 Å². The van der Waals surface area contributed by atoms with E-state index in [4.69, 9.17) is 5.73 Å². The largest absolute Gasteiger partial charge is 0.480 e. The zero-order valence-electron chi connectivity index (χ0n) is 11.0. The van der Waals surface area contributed by atoms with Crippen LogP contribution in [0.3, 0.4) is 0 Å². The van der Waals surface area contributed by atoms with Crippen LogP contribution in [0.1, 0.15) is 39.5 Å². The number of rotatable bonds is 6. The number of carbonyl (C=O) groups is 2. The summed E-state index contributed by atoms with van der Waals surface area (Å²) in [6.07, 6.45) is 3.17. The molecule has 1 saturated heterocycles. The van der Waals surface area contributed by atoms with Gasteiger partial charge in [-0.3, -0.25) is 4.79 Å². The van der Waals surface area contributed by atoms with Crippen LogP contribution in [-0.4, -0.2) is 45.1 Å². The summed E-state index contributed by atoms with van der Waals surface area (Å²) in [5.74, 6) is -0.684. The topological polar surface area (TPSA) is 83.6 Å². The van der Waals surface area contributed by atoms with E-state index in [0.717, 1.165) is 19.3 Å². The van der Waals surface area contributed by atoms with Crippen LogP contribution in [0.15, 0.2) is 0 Å². The van der Waals surface area contributed by atoms with Crippen LogP contribution in [0.4, 0.5) is 0 Å². The number of carbonyl (C=O) groups excluding carboxylic acids is 1. The van der Waals surface area contributed by atoms with E-state index >= 15 is 0 Å². The summed E-state index contributed by atoms with van der Waals surface area (Å²) >= 11 is 1.54. The average molecular weight is 274 g/mol. The summed E-state index contributed by atoms with van der Waals surface area (Å²) in [4.78, 5) is 25.0. The number of aliphatic carboxylic acids is 1. The van der Waals surface area contributed by atoms with Crippen molar-refractivity contribution in [2.75, 3.05) is 5.75 Å². The first-order valence-electron chi connectivity index (χ1n) is 6.45. The molecule has 1 aliphatic heterocycles. The number of nitrogens with zero attached hydrogens (tertiary/aromatic N) is 1. The first-order chi connectivity index (χ1) is 8.52. The van der Waals surface area contributed by atoms with Crippen molar-refractivity contribution in [3.63, 3.8) is 0 Å². The fraction of sp³-hybridized carbons (Fsp3) is 0.833. The third-order valence-electron chi connectivity index (χ3n) is 3.08. The van der Waals surface area contributed by atoms with Gasteiger partial charge in [-0.2, -0.15) is 0 Å². The predicted molar refractivity (Wildman–Crippen MR) is 72.3 cm³/mol. The van der Waals surface area contributed by atoms with E-state index in [9.17, 15) is 14.7 Å². The minimum Gasteiger partial charge on any atom is -0.480 e. The molecule has 1 heterocycles. The Hall–Kier alpha value is -0.750. The van der Waals surface area contributed by atoms with E-state index in [1.165, 1.54) is 4.90 Å². The molecular weight excluding hydrogens is 252 g/mol. The Kier molecular flexibility index (Phi) is 5.95. The molecule has 1 aliphatic rings. The lowest BCUT2D eigenvalue weighted by Gasteiger charge is -2.29. The van der Waals surface area contributed by atoms with Gasteiger partial charge in [0.1, 0.15) is 6.04 Å². The molecule has 0 bridgehead atoms. The lowest BCUT2D eigenvalue weighted by Crippen LogP contribution is -2.52. The number of thioether (sulfide) groups is 1. The smallest absolute Gasteiger partial charge is 0.327 e. The molecule has 1 amide bonds. The molecule has 0 spiro atoms. The van der Waals surface area contributed by atoms with Gasteiger partial charge >= 0.3 is 5.97 Å². The summed E-state index contributed by atoms with van der Waals surface area (Å²) < 4.78 is 0. The summed E-state index contributed by atoms with van der Waals surface area (Å²) in [7, 11) is 0. The van der Waals surface area contributed by atoms with Gasteiger partial charge in [0, 0.05) is 5.75 Å². The van der Waals surface area contributed by atoms with Gasteiger partial charge in [0.25, 0.3) is 0 Å². The zero-order valence-corrected chi connectivity index (χ0v) is 11.8. The van der Waals surface area contributed by atoms with Crippen LogP contribution in [-0.2, 0) is 9.59 Å². The van der Waals surface area contributed by atoms with Gasteiger partial charge in [-0.25, -0.2) is 4.79 Å². The molecule has 2 unspecified atom stereocenters. The molecule has 104 valence electrons. The first-order valence-corrected chi connectivity index (χ1v) is 7.49. The highest BCUT2D eigenvalue weighted by Crippen LogP contribution is 2.32. The van der Waals surface area contributed by atoms with E-state index in [2.05, 4.69) is 0 Å². The zero-order chi connectivity index (χ0) is 13.7. The minimum atomic E-state index is -0.932. The second-order valence-corrected chi connectivity index (χ2v) is 5.78. The molecule has 6 heteroatoms. The number of carboxylic acid groups (broad SMARTS) is 1. The molecule has 1 fully saturated rings. The lowest BCUT2D eigenvalue weighted by atomic mass is 10.1. The standard InChI is InChI=1S/C12H22N2O3S/c1-3-5-8(13)11(15)14-9(12(16)17)7-18-10(14)6-4-2/h8-10H,3-7,13H2,1-2H3,(H,16,17)/t8-,9?,10?/m0/s1. The van der Waals surface area contributed by atoms with E-state index in [1.54, 1.807) is 11.8 Å². The Morgan fingerprint density at radius 2 is 2.11 bits per heavy atom. The van der Waals surface area contributed by atoms with Gasteiger partial charge in [0.2, 0.25) is 5.91 Å². The summed E-state index contributed by atoms with van der Waals surface area (Å²) in [5.41, 5.74) is 5.83. The molecule has 0 saturated carbocycles. The van der Waals surface area contributed by atoms with Crippen molar-refractivity contribution >= 4 is 23.6 Å². The molecule has 0 aromatic rings. The van der Waals surface area contributed by atoms with E-state index in [1.807, 2.05) is 13.8 Å². The third kappa shape index (κ3) is 3.38. The number of nitrogens with two attached hydrogens (primary N) is 1. The molecule has 5 nitrogen and oxygen atoms in total. The van der Waals surface area contributed by atoms with Gasteiger partial charge in [-0.05, 0) is 12.8 Å². The van der Waals surface area contributed by atoms with Gasteiger partial charge in [-0.15, -0.1) is 11.8 Å². The Balaban J connectivity index is 2.81. The Morgan fingerprint density at radius 3 is 2.61 bits per heavy atom. The fourth-order valence-corrected chi connectivity index (χ4v) is 3.67. The number of carboxylic acids is 1. The predicted octanol–water partition coefficient (Wildman–Crippen LogP) is 1.27. The maximum absolute atomic E-state index is 12.3. The van der Waals surface area contributed by atoms with Crippen molar-refractivity contribution in [2.45, 2.75) is 57.0 Å². The Labute approximate surface area is 112 Å². The van der Waals surface area contributed by atoms with Crippen LogP contribution in [0, 0.1) is 0 Å². The number of hydrogen-bond donors (Lipinski definition) is 2. The van der Waals surface area contributed by atoms with Crippen LogP contribution >= 0.6 is 11.8 Å². The van der Waals surface area contributed by atoms with Crippen molar-refractivity contribution in [1.29, 1.82) is 0 Å². The van der Waals surface area contributed by atoms with Crippen molar-refractivity contribution < 1.29 is 14.7 Å². The monoisotopic (exact) mass is 274 g/mol. The molecule has 1 rings (SSSR count). The summed E-state index contributed by atoms with van der Waals surface area (Å²) in [6.45, 7) is 3.99. The molecule has 0 aromatic carbocycles. The van der Waals surface area contributed by atoms with Crippen LogP contribution in [0.5, 0.6) is 0 Å². The first kappa shape index (κ1) is 15.3. The molecule has 18 heavy (non-hydrogen) atoms. The molecule has 3 N–H and O–H groups in total. The van der Waals surface area contributed by atoms with E-state index in [0.29, 0.717) is 12.2 Å². The highest BCUT2D eigenvalue weighted by Gasteiger charge is 2.42. The van der Waals surface area contributed by atoms with Crippen molar-refractivity contribution in [3.8, 4) is 0 Å². The fourth-order valence-electron chi connectivity index (χ4n) is 2.14. The summed E-state index contributed by atoms with van der Waals surface area (Å²) in [6, 6.07) is -1.29. The van der Waals surface area contributed by atoms with Gasteiger partial charge in [-0.1, -0.05) is 26.7 Å². The molecule has 0 radical (unpaired) electrons. The average Bonchev–Trinajstić information content (AvgIpc) is 2.72. The van der Waals surface area contributed by atoms with Crippen LogP contribution < -0.4 is 5.73 Å². The number of amides is 1. The second kappa shape index (κ2) is 6.99. The maximum Gasteiger partial charge on any atom is 0.327 e. The van der Waals surface area contributed by atoms with Crippen molar-refractivity contribution in [2.24, 2.45) is 5.73 Å². The minimum absolute atomic E-state index is 0.0356. The molecule has 3 atom stereocenters. The third-order valence-corrected chi connectivity index (χ3v) is 4.44. The van der Waals surface area contributed by atoms with Crippen LogP contribution in [0.2, 0.25) is 0 Å². The SMILES string of the molecule is CCCC1SCC(C(=O)O)N1C(=O)[C@@H](N)CCC. The lowest BCUT2D eigenvalue weighted by molar-refractivity contribution is -0.149. The number of hydrogen-bond acceptors (Lipinski definition) is 4.